The van der Waals surface area contributed by atoms with Gasteiger partial charge in [-0.2, -0.15) is 0 Å². The molecule has 0 bridgehead atoms. The molecule has 1 aliphatic heterocycles. The van der Waals surface area contributed by atoms with E-state index in [2.05, 4.69) is 68.6 Å². The van der Waals surface area contributed by atoms with Gasteiger partial charge >= 0.3 is 33.9 Å². The molecule has 1 aromatic carbocycles. The van der Waals surface area contributed by atoms with E-state index in [0.717, 1.165) is 11.4 Å². The van der Waals surface area contributed by atoms with Crippen molar-refractivity contribution in [3.63, 3.8) is 0 Å². The first-order chi connectivity index (χ1) is 10.8. The molecule has 5 nitrogen and oxygen atoms in total. The van der Waals surface area contributed by atoms with E-state index < -0.39 is 0 Å². The average Bonchev–Trinajstić information content (AvgIpc) is 2.98. The molecule has 3 rings (SSSR count). The quantitative estimate of drug-likeness (QED) is 0.479. The minimum Gasteiger partial charge on any atom is 0 e. The van der Waals surface area contributed by atoms with E-state index in [1.54, 1.807) is 7.11 Å². The van der Waals surface area contributed by atoms with Gasteiger partial charge in [0.15, 0.2) is 0 Å². The molecule has 0 spiro atoms. The summed E-state index contributed by atoms with van der Waals surface area (Å²) in [6.45, 7) is 15.6. The molecular formula is C17H15FeNO4. The summed E-state index contributed by atoms with van der Waals surface area (Å²) < 4.78 is 27.9. The van der Waals surface area contributed by atoms with Gasteiger partial charge in [0, 0.05) is 23.0 Å². The standard InChI is InChI=1S/C14H15NO.3CO.Fe/c1-9-7-11-10-5-3-4-6-12(10)15-14(11)13(8-9)16-2;3*1-2;/h3-8,10,12,15H,1-2H3;;;;. The molecule has 23 heavy (non-hydrogen) atoms. The number of methoxy groups -OCH3 is 1. The fraction of sp³-hybridized carbons (Fsp3) is 0.235. The summed E-state index contributed by atoms with van der Waals surface area (Å²) in [4.78, 5) is 0. The summed E-state index contributed by atoms with van der Waals surface area (Å²) in [5.41, 5.74) is 3.75. The van der Waals surface area contributed by atoms with Gasteiger partial charge in [-0.3, -0.25) is 0 Å². The number of benzene rings is 1. The van der Waals surface area contributed by atoms with Crippen molar-refractivity contribution in [1.29, 1.82) is 0 Å². The second-order valence-corrected chi connectivity index (χ2v) is 4.40. The number of aryl methyl sites for hydroxylation is 1. The Hall–Kier alpha value is -1.96. The number of allylic oxidation sites excluding steroid dienone is 2. The van der Waals surface area contributed by atoms with Gasteiger partial charge in [0.05, 0.1) is 18.8 Å². The third kappa shape index (κ3) is 5.31. The van der Waals surface area contributed by atoms with Gasteiger partial charge < -0.3 is 10.1 Å². The van der Waals surface area contributed by atoms with E-state index in [4.69, 9.17) is 18.7 Å². The first-order valence-corrected chi connectivity index (χ1v) is 6.21. The second kappa shape index (κ2) is 12.6. The predicted molar refractivity (Wildman–Crippen MR) is 78.0 cm³/mol. The molecule has 0 fully saturated rings. The fourth-order valence-electron chi connectivity index (χ4n) is 2.57. The maximum atomic E-state index is 7.50. The first kappa shape index (κ1) is 23.3. The number of nitrogens with one attached hydrogen (secondary N) is 1. The van der Waals surface area contributed by atoms with E-state index in [-0.39, 0.29) is 17.1 Å². The smallest absolute Gasteiger partial charge is 0 e. The molecule has 1 N–H and O–H groups in total. The van der Waals surface area contributed by atoms with Crippen molar-refractivity contribution in [2.24, 2.45) is 0 Å². The third-order valence-corrected chi connectivity index (χ3v) is 3.30. The molecule has 0 saturated heterocycles. The van der Waals surface area contributed by atoms with Crippen LogP contribution in [0.4, 0.5) is 5.69 Å². The number of anilines is 1. The van der Waals surface area contributed by atoms with Crippen molar-refractivity contribution in [1.82, 2.24) is 0 Å². The topological polar surface area (TPSA) is 81.0 Å². The Morgan fingerprint density at radius 2 is 1.57 bits per heavy atom. The molecule has 1 aromatic rings. The number of ether oxygens (including phenoxy) is 1. The van der Waals surface area contributed by atoms with Crippen LogP contribution in [-0.4, -0.2) is 13.2 Å². The fourth-order valence-corrected chi connectivity index (χ4v) is 2.57. The van der Waals surface area contributed by atoms with E-state index >= 15 is 0 Å². The van der Waals surface area contributed by atoms with Crippen molar-refractivity contribution in [3.05, 3.63) is 67.5 Å². The van der Waals surface area contributed by atoms with Gasteiger partial charge in [0.25, 0.3) is 0 Å². The number of fused-ring (bicyclic) bond motifs is 3. The molecule has 120 valence electrons. The maximum Gasteiger partial charge on any atom is 0 e. The Kier molecular flexibility index (Phi) is 12.7. The summed E-state index contributed by atoms with van der Waals surface area (Å²) in [7, 11) is 1.73. The van der Waals surface area contributed by atoms with Crippen LogP contribution in [0.15, 0.2) is 36.4 Å². The Bertz CT molecular complexity index is 603. The molecule has 2 atom stereocenters. The predicted octanol–water partition coefficient (Wildman–Crippen LogP) is 2.89. The minimum absolute atomic E-state index is 0. The molecule has 2 unspecified atom stereocenters. The van der Waals surface area contributed by atoms with Crippen LogP contribution in [0.3, 0.4) is 0 Å². The number of rotatable bonds is 1. The summed E-state index contributed by atoms with van der Waals surface area (Å²) in [5, 5.41) is 3.52. The van der Waals surface area contributed by atoms with Crippen LogP contribution in [0.2, 0.25) is 0 Å². The van der Waals surface area contributed by atoms with Crippen LogP contribution >= 0.6 is 0 Å². The van der Waals surface area contributed by atoms with Crippen molar-refractivity contribution in [2.45, 2.75) is 18.9 Å². The Labute approximate surface area is 146 Å². The van der Waals surface area contributed by atoms with Gasteiger partial charge in [-0.25, -0.2) is 0 Å². The van der Waals surface area contributed by atoms with Crippen LogP contribution in [0.5, 0.6) is 5.75 Å². The summed E-state index contributed by atoms with van der Waals surface area (Å²) in [6.07, 6.45) is 8.67. The van der Waals surface area contributed by atoms with Crippen LogP contribution < -0.4 is 10.1 Å². The van der Waals surface area contributed by atoms with Gasteiger partial charge in [0.1, 0.15) is 5.75 Å². The Morgan fingerprint density at radius 3 is 2.13 bits per heavy atom. The molecule has 0 amide bonds. The van der Waals surface area contributed by atoms with Gasteiger partial charge in [0.2, 0.25) is 0 Å². The van der Waals surface area contributed by atoms with Gasteiger partial charge in [-0.15, -0.1) is 0 Å². The van der Waals surface area contributed by atoms with Crippen molar-refractivity contribution >= 4 is 5.69 Å². The van der Waals surface area contributed by atoms with E-state index in [9.17, 15) is 0 Å². The van der Waals surface area contributed by atoms with E-state index in [1.807, 2.05) is 0 Å². The number of hydrogen-bond donors (Lipinski definition) is 1. The van der Waals surface area contributed by atoms with Crippen LogP contribution in [-0.2, 0) is 31.0 Å². The molecular weight excluding hydrogens is 338 g/mol. The van der Waals surface area contributed by atoms with Crippen LogP contribution in [0.1, 0.15) is 17.0 Å². The normalized spacial score (nSPS) is 17.6. The molecule has 0 radical (unpaired) electrons. The zero-order valence-electron chi connectivity index (χ0n) is 12.6. The van der Waals surface area contributed by atoms with Crippen molar-refractivity contribution < 1.29 is 35.8 Å². The van der Waals surface area contributed by atoms with Gasteiger partial charge in [-0.05, 0) is 24.1 Å². The summed E-state index contributed by atoms with van der Waals surface area (Å²) >= 11 is 0. The van der Waals surface area contributed by atoms with Crippen molar-refractivity contribution in [3.8, 4) is 5.75 Å². The van der Waals surface area contributed by atoms with Crippen LogP contribution in [0.25, 0.3) is 0 Å². The SMILES string of the molecule is COc1cc(C)cc2c1NC1C=CC=CC21.[C-]#[O+].[C-]#[O+].[C-]#[O+].[Fe]. The van der Waals surface area contributed by atoms with Gasteiger partial charge in [-0.1, -0.05) is 30.4 Å². The third-order valence-electron chi connectivity index (χ3n) is 3.30. The monoisotopic (exact) mass is 353 g/mol. The zero-order valence-corrected chi connectivity index (χ0v) is 13.7. The molecule has 0 saturated carbocycles. The average molecular weight is 353 g/mol. The Morgan fingerprint density at radius 1 is 1.00 bits per heavy atom. The zero-order chi connectivity index (χ0) is 17.1. The first-order valence-electron chi connectivity index (χ1n) is 6.21. The molecule has 6 heteroatoms. The van der Waals surface area contributed by atoms with E-state index in [1.165, 1.54) is 11.1 Å². The summed E-state index contributed by atoms with van der Waals surface area (Å²) in [6, 6.07) is 4.71. The minimum atomic E-state index is 0. The molecule has 2 aliphatic rings. The molecule has 0 aromatic heterocycles. The maximum absolute atomic E-state index is 7.50. The molecule has 1 heterocycles. The van der Waals surface area contributed by atoms with Crippen molar-refractivity contribution in [2.75, 3.05) is 12.4 Å². The van der Waals surface area contributed by atoms with Crippen LogP contribution in [0, 0.1) is 26.9 Å². The number of hydrogen-bond acceptors (Lipinski definition) is 2. The second-order valence-electron chi connectivity index (χ2n) is 4.40. The largest absolute Gasteiger partial charge is 0 e. The van der Waals surface area contributed by atoms with E-state index in [0.29, 0.717) is 12.0 Å². The summed E-state index contributed by atoms with van der Waals surface area (Å²) in [5.74, 6) is 1.40. The molecule has 1 aliphatic carbocycles. The Balaban J connectivity index is 0.